The summed E-state index contributed by atoms with van der Waals surface area (Å²) >= 11 is 5.87. The van der Waals surface area contributed by atoms with Crippen molar-refractivity contribution in [2.24, 2.45) is 5.92 Å². The molecule has 1 aromatic heterocycles. The molecule has 0 saturated carbocycles. The minimum absolute atomic E-state index is 0.608. The average Bonchev–Trinajstić information content (AvgIpc) is 3.00. The lowest BCUT2D eigenvalue weighted by Gasteiger charge is -2.12. The summed E-state index contributed by atoms with van der Waals surface area (Å²) in [5.74, 6) is 2.32. The van der Waals surface area contributed by atoms with Crippen molar-refractivity contribution in [2.45, 2.75) is 19.4 Å². The molecule has 0 spiro atoms. The van der Waals surface area contributed by atoms with Crippen LogP contribution in [-0.2, 0) is 17.7 Å². The van der Waals surface area contributed by atoms with Crippen LogP contribution in [-0.4, -0.2) is 28.6 Å². The number of nitrogens with zero attached hydrogens (tertiary/aromatic N) is 2. The van der Waals surface area contributed by atoms with Crippen LogP contribution in [0.15, 0.2) is 24.3 Å². The number of alkyl halides is 1. The van der Waals surface area contributed by atoms with Gasteiger partial charge in [-0.3, -0.25) is 0 Å². The first-order valence-corrected chi connectivity index (χ1v) is 7.00. The highest BCUT2D eigenvalue weighted by molar-refractivity contribution is 6.17. The first kappa shape index (κ1) is 12.0. The molecule has 4 heteroatoms. The van der Waals surface area contributed by atoms with Gasteiger partial charge in [0.1, 0.15) is 5.82 Å². The second-order valence-electron chi connectivity index (χ2n) is 4.80. The number of hydrogen-bond acceptors (Lipinski definition) is 2. The van der Waals surface area contributed by atoms with Crippen LogP contribution in [0.3, 0.4) is 0 Å². The average molecular weight is 265 g/mol. The Kier molecular flexibility index (Phi) is 3.52. The third-order valence-electron chi connectivity index (χ3n) is 3.52. The van der Waals surface area contributed by atoms with Crippen LogP contribution in [0.5, 0.6) is 0 Å². The smallest absolute Gasteiger partial charge is 0.111 e. The van der Waals surface area contributed by atoms with E-state index in [9.17, 15) is 0 Å². The maximum absolute atomic E-state index is 5.87. The fourth-order valence-electron chi connectivity index (χ4n) is 2.59. The number of hydrogen-bond donors (Lipinski definition) is 0. The largest absolute Gasteiger partial charge is 0.381 e. The number of aryl methyl sites for hydroxylation is 1. The van der Waals surface area contributed by atoms with Crippen molar-refractivity contribution in [2.75, 3.05) is 19.1 Å². The van der Waals surface area contributed by atoms with Gasteiger partial charge >= 0.3 is 0 Å². The van der Waals surface area contributed by atoms with Crippen molar-refractivity contribution in [3.05, 3.63) is 30.1 Å². The van der Waals surface area contributed by atoms with Crippen LogP contribution in [0.4, 0.5) is 0 Å². The van der Waals surface area contributed by atoms with E-state index in [2.05, 4.69) is 27.8 Å². The minimum atomic E-state index is 0.608. The van der Waals surface area contributed by atoms with Crippen molar-refractivity contribution in [3.8, 4) is 0 Å². The topological polar surface area (TPSA) is 27.1 Å². The molecule has 2 aromatic rings. The van der Waals surface area contributed by atoms with Gasteiger partial charge in [-0.2, -0.15) is 0 Å². The molecule has 0 bridgehead atoms. The molecule has 2 heterocycles. The summed E-state index contributed by atoms with van der Waals surface area (Å²) < 4.78 is 7.77. The first-order valence-electron chi connectivity index (χ1n) is 6.46. The first-order chi connectivity index (χ1) is 8.88. The summed E-state index contributed by atoms with van der Waals surface area (Å²) in [6, 6.07) is 8.30. The lowest BCUT2D eigenvalue weighted by molar-refractivity contribution is 0.182. The number of fused-ring (bicyclic) bond motifs is 1. The van der Waals surface area contributed by atoms with Crippen molar-refractivity contribution in [1.29, 1.82) is 0 Å². The zero-order valence-electron chi connectivity index (χ0n) is 10.3. The lowest BCUT2D eigenvalue weighted by atomic mass is 10.1. The Morgan fingerprint density at radius 2 is 2.28 bits per heavy atom. The van der Waals surface area contributed by atoms with Gasteiger partial charge in [0.25, 0.3) is 0 Å². The molecule has 0 N–H and O–H groups in total. The molecule has 18 heavy (non-hydrogen) atoms. The van der Waals surface area contributed by atoms with E-state index >= 15 is 0 Å². The third-order valence-corrected chi connectivity index (χ3v) is 3.71. The molecule has 1 aromatic carbocycles. The molecule has 1 saturated heterocycles. The molecule has 96 valence electrons. The molecular weight excluding hydrogens is 248 g/mol. The maximum Gasteiger partial charge on any atom is 0.111 e. The summed E-state index contributed by atoms with van der Waals surface area (Å²) in [4.78, 5) is 4.68. The SMILES string of the molecule is ClCCc1nc2ccccc2n1CC1CCOC1. The number of aromatic nitrogens is 2. The second-order valence-corrected chi connectivity index (χ2v) is 5.17. The van der Waals surface area contributed by atoms with E-state index in [0.29, 0.717) is 11.8 Å². The Hall–Kier alpha value is -1.06. The molecule has 1 atom stereocenters. The van der Waals surface area contributed by atoms with Crippen molar-refractivity contribution in [1.82, 2.24) is 9.55 Å². The number of halogens is 1. The molecule has 1 aliphatic rings. The molecule has 0 aliphatic carbocycles. The quantitative estimate of drug-likeness (QED) is 0.794. The standard InChI is InChI=1S/C14H17ClN2O/c15-7-5-14-16-12-3-1-2-4-13(12)17(14)9-11-6-8-18-10-11/h1-4,11H,5-10H2. The number of benzene rings is 1. The Morgan fingerprint density at radius 1 is 1.39 bits per heavy atom. The van der Waals surface area contributed by atoms with E-state index < -0.39 is 0 Å². The van der Waals surface area contributed by atoms with Crippen LogP contribution in [0.1, 0.15) is 12.2 Å². The van der Waals surface area contributed by atoms with E-state index in [1.807, 2.05) is 6.07 Å². The van der Waals surface area contributed by atoms with Crippen molar-refractivity contribution >= 4 is 22.6 Å². The summed E-state index contributed by atoms with van der Waals surface area (Å²) in [5, 5.41) is 0. The molecular formula is C14H17ClN2O. The fraction of sp³-hybridized carbons (Fsp3) is 0.500. The number of imidazole rings is 1. The van der Waals surface area contributed by atoms with Gasteiger partial charge in [-0.15, -0.1) is 11.6 Å². The van der Waals surface area contributed by atoms with Crippen LogP contribution in [0.25, 0.3) is 11.0 Å². The number of rotatable bonds is 4. The summed E-state index contributed by atoms with van der Waals surface area (Å²) in [6.07, 6.45) is 1.97. The molecule has 1 unspecified atom stereocenters. The molecule has 0 radical (unpaired) electrons. The molecule has 1 fully saturated rings. The van der Waals surface area contributed by atoms with Gasteiger partial charge in [-0.1, -0.05) is 12.1 Å². The fourth-order valence-corrected chi connectivity index (χ4v) is 2.76. The zero-order chi connectivity index (χ0) is 12.4. The Labute approximate surface area is 112 Å². The van der Waals surface area contributed by atoms with E-state index in [-0.39, 0.29) is 0 Å². The van der Waals surface area contributed by atoms with Crippen molar-refractivity contribution < 1.29 is 4.74 Å². The van der Waals surface area contributed by atoms with Crippen LogP contribution in [0.2, 0.25) is 0 Å². The monoisotopic (exact) mass is 264 g/mol. The summed E-state index contributed by atoms with van der Waals surface area (Å²) in [6.45, 7) is 2.75. The zero-order valence-corrected chi connectivity index (χ0v) is 11.1. The van der Waals surface area contributed by atoms with E-state index in [0.717, 1.165) is 43.9 Å². The van der Waals surface area contributed by atoms with Crippen molar-refractivity contribution in [3.63, 3.8) is 0 Å². The van der Waals surface area contributed by atoms with Gasteiger partial charge in [0.2, 0.25) is 0 Å². The Morgan fingerprint density at radius 3 is 3.06 bits per heavy atom. The number of para-hydroxylation sites is 2. The van der Waals surface area contributed by atoms with E-state index in [1.54, 1.807) is 0 Å². The lowest BCUT2D eigenvalue weighted by Crippen LogP contribution is -2.13. The molecule has 1 aliphatic heterocycles. The second kappa shape index (κ2) is 5.29. The highest BCUT2D eigenvalue weighted by Gasteiger charge is 2.19. The van der Waals surface area contributed by atoms with Gasteiger partial charge in [-0.25, -0.2) is 4.98 Å². The van der Waals surface area contributed by atoms with E-state index in [4.69, 9.17) is 16.3 Å². The van der Waals surface area contributed by atoms with Gasteiger partial charge in [-0.05, 0) is 18.6 Å². The highest BCUT2D eigenvalue weighted by atomic mass is 35.5. The predicted molar refractivity (Wildman–Crippen MR) is 73.1 cm³/mol. The molecule has 0 amide bonds. The van der Waals surface area contributed by atoms with Gasteiger partial charge in [0.15, 0.2) is 0 Å². The van der Waals surface area contributed by atoms with Gasteiger partial charge in [0.05, 0.1) is 17.6 Å². The minimum Gasteiger partial charge on any atom is -0.381 e. The molecule has 3 rings (SSSR count). The summed E-state index contributed by atoms with van der Waals surface area (Å²) in [5.41, 5.74) is 2.28. The molecule has 3 nitrogen and oxygen atoms in total. The maximum atomic E-state index is 5.87. The predicted octanol–water partition coefficient (Wildman–Crippen LogP) is 2.85. The van der Waals surface area contributed by atoms with Crippen LogP contribution < -0.4 is 0 Å². The van der Waals surface area contributed by atoms with Gasteiger partial charge < -0.3 is 9.30 Å². The highest BCUT2D eigenvalue weighted by Crippen LogP contribution is 2.21. The van der Waals surface area contributed by atoms with Crippen LogP contribution >= 0.6 is 11.6 Å². The van der Waals surface area contributed by atoms with E-state index in [1.165, 1.54) is 5.52 Å². The third kappa shape index (κ3) is 2.25. The number of ether oxygens (including phenoxy) is 1. The van der Waals surface area contributed by atoms with Crippen LogP contribution in [0, 0.1) is 5.92 Å². The summed E-state index contributed by atoms with van der Waals surface area (Å²) in [7, 11) is 0. The Balaban J connectivity index is 1.97. The Bertz CT molecular complexity index is 532. The normalized spacial score (nSPS) is 19.7. The van der Waals surface area contributed by atoms with Gasteiger partial charge in [0, 0.05) is 31.4 Å².